The number of aromatic hydroxyl groups is 1. The molecule has 0 fully saturated rings. The molecule has 2 aromatic carbocycles. The zero-order valence-electron chi connectivity index (χ0n) is 15.9. The number of carbonyl (C=O) groups excluding carboxylic acids is 2. The first-order valence-electron chi connectivity index (χ1n) is 8.87. The maximum Gasteiger partial charge on any atom is 0.313 e. The average molecular weight is 438 g/mol. The third-order valence-corrected chi connectivity index (χ3v) is 5.50. The van der Waals surface area contributed by atoms with Crippen LogP contribution < -0.4 is 0 Å². The smallest absolute Gasteiger partial charge is 0.313 e. The molecule has 152 valence electrons. The molecule has 3 aromatic rings. The van der Waals surface area contributed by atoms with Gasteiger partial charge in [0.1, 0.15) is 0 Å². The molecular weight excluding hydrogens is 420 g/mol. The Morgan fingerprint density at radius 2 is 1.90 bits per heavy atom. The number of hydrogen-bond donors (Lipinski definition) is 1. The van der Waals surface area contributed by atoms with Crippen molar-refractivity contribution in [2.24, 2.45) is 0 Å². The van der Waals surface area contributed by atoms with Crippen LogP contribution in [0, 0.1) is 12.7 Å². The predicted molar refractivity (Wildman–Crippen MR) is 110 cm³/mol. The number of nitrogens with zero attached hydrogens (tertiary/aromatic N) is 1. The number of aromatic nitrogens is 1. The van der Waals surface area contributed by atoms with Gasteiger partial charge in [-0.25, -0.2) is 4.39 Å². The first kappa shape index (κ1) is 21.1. The van der Waals surface area contributed by atoms with Gasteiger partial charge in [0.15, 0.2) is 11.6 Å². The highest BCUT2D eigenvalue weighted by atomic mass is 35.5. The molecular formula is C21H18Cl2FNO4. The summed E-state index contributed by atoms with van der Waals surface area (Å²) < 4.78 is 20.5. The van der Waals surface area contributed by atoms with Crippen molar-refractivity contribution in [1.29, 1.82) is 0 Å². The van der Waals surface area contributed by atoms with Crippen LogP contribution in [0.2, 0.25) is 10.0 Å². The van der Waals surface area contributed by atoms with E-state index in [1.807, 2.05) is 0 Å². The van der Waals surface area contributed by atoms with Gasteiger partial charge in [-0.1, -0.05) is 23.2 Å². The molecule has 5 nitrogen and oxygen atoms in total. The molecule has 0 saturated heterocycles. The third kappa shape index (κ3) is 3.70. The molecule has 0 aliphatic heterocycles. The molecule has 0 radical (unpaired) electrons. The summed E-state index contributed by atoms with van der Waals surface area (Å²) in [4.78, 5) is 25.6. The van der Waals surface area contributed by atoms with Gasteiger partial charge in [-0.05, 0) is 50.6 Å². The van der Waals surface area contributed by atoms with Crippen LogP contribution in [0.3, 0.4) is 0 Å². The number of hydrogen-bond acceptors (Lipinski definition) is 4. The Hall–Kier alpha value is -2.57. The highest BCUT2D eigenvalue weighted by Crippen LogP contribution is 2.36. The molecule has 8 heteroatoms. The Morgan fingerprint density at radius 3 is 2.52 bits per heavy atom. The van der Waals surface area contributed by atoms with Crippen molar-refractivity contribution in [3.8, 4) is 5.75 Å². The number of rotatable bonds is 4. The van der Waals surface area contributed by atoms with Crippen LogP contribution in [0.15, 0.2) is 30.3 Å². The summed E-state index contributed by atoms with van der Waals surface area (Å²) in [5, 5.41) is 10.8. The van der Waals surface area contributed by atoms with E-state index in [4.69, 9.17) is 27.9 Å². The van der Waals surface area contributed by atoms with Crippen LogP contribution in [-0.4, -0.2) is 28.2 Å². The molecule has 29 heavy (non-hydrogen) atoms. The minimum atomic E-state index is -0.881. The molecule has 0 saturated carbocycles. The zero-order valence-corrected chi connectivity index (χ0v) is 17.4. The molecule has 3 rings (SSSR count). The molecule has 1 aromatic heterocycles. The first-order valence-corrected chi connectivity index (χ1v) is 9.62. The van der Waals surface area contributed by atoms with Gasteiger partial charge in [-0.2, -0.15) is 0 Å². The monoisotopic (exact) mass is 437 g/mol. The number of fused-ring (bicyclic) bond motifs is 1. The van der Waals surface area contributed by atoms with E-state index in [0.29, 0.717) is 21.7 Å². The van der Waals surface area contributed by atoms with Gasteiger partial charge >= 0.3 is 5.97 Å². The molecule has 0 aliphatic carbocycles. The van der Waals surface area contributed by atoms with Gasteiger partial charge < -0.3 is 9.84 Å². The quantitative estimate of drug-likeness (QED) is 0.550. The topological polar surface area (TPSA) is 68.5 Å². The lowest BCUT2D eigenvalue weighted by Gasteiger charge is -2.12. The van der Waals surface area contributed by atoms with E-state index < -0.39 is 29.4 Å². The molecule has 0 aliphatic rings. The Kier molecular flexibility index (Phi) is 5.87. The van der Waals surface area contributed by atoms with Crippen molar-refractivity contribution in [2.75, 3.05) is 6.61 Å². The van der Waals surface area contributed by atoms with Crippen molar-refractivity contribution in [1.82, 2.24) is 4.57 Å². The summed E-state index contributed by atoms with van der Waals surface area (Å²) in [6.07, 6.45) is 0. The number of esters is 1. The van der Waals surface area contributed by atoms with Gasteiger partial charge in [0.2, 0.25) is 0 Å². The third-order valence-electron chi connectivity index (χ3n) is 4.76. The number of ether oxygens (including phenoxy) is 1. The van der Waals surface area contributed by atoms with Crippen LogP contribution in [0.25, 0.3) is 10.9 Å². The summed E-state index contributed by atoms with van der Waals surface area (Å²) in [5.74, 6) is -3.15. The highest BCUT2D eigenvalue weighted by Gasteiger charge is 2.28. The van der Waals surface area contributed by atoms with Crippen LogP contribution in [-0.2, 0) is 9.53 Å². The number of phenols is 1. The minimum Gasteiger partial charge on any atom is -0.505 e. The van der Waals surface area contributed by atoms with E-state index in [1.54, 1.807) is 20.8 Å². The van der Waals surface area contributed by atoms with Crippen LogP contribution >= 0.6 is 23.2 Å². The second kappa shape index (κ2) is 8.05. The summed E-state index contributed by atoms with van der Waals surface area (Å²) in [6, 6.07) is 6.69. The maximum absolute atomic E-state index is 14.1. The van der Waals surface area contributed by atoms with Crippen molar-refractivity contribution in [2.45, 2.75) is 26.7 Å². The zero-order chi connectivity index (χ0) is 21.5. The summed E-state index contributed by atoms with van der Waals surface area (Å²) >= 11 is 12.0. The van der Waals surface area contributed by atoms with E-state index in [2.05, 4.69) is 0 Å². The van der Waals surface area contributed by atoms with Gasteiger partial charge in [0.05, 0.1) is 28.1 Å². The first-order chi connectivity index (χ1) is 13.7. The largest absolute Gasteiger partial charge is 0.505 e. The average Bonchev–Trinajstić information content (AvgIpc) is 2.94. The fraction of sp³-hybridized carbons (Fsp3) is 0.238. The lowest BCUT2D eigenvalue weighted by Crippen LogP contribution is -2.16. The van der Waals surface area contributed by atoms with E-state index in [1.165, 1.54) is 28.8 Å². The molecule has 1 unspecified atom stereocenters. The predicted octanol–water partition coefficient (Wildman–Crippen LogP) is 5.46. The van der Waals surface area contributed by atoms with Crippen molar-refractivity contribution in [3.05, 3.63) is 63.0 Å². The summed E-state index contributed by atoms with van der Waals surface area (Å²) in [7, 11) is 0. The molecule has 0 spiro atoms. The molecule has 0 amide bonds. The molecule has 1 heterocycles. The highest BCUT2D eigenvalue weighted by molar-refractivity contribution is 6.42. The Labute approximate surface area is 176 Å². The Morgan fingerprint density at radius 1 is 1.21 bits per heavy atom. The fourth-order valence-corrected chi connectivity index (χ4v) is 3.70. The van der Waals surface area contributed by atoms with Crippen LogP contribution in [0.5, 0.6) is 5.75 Å². The van der Waals surface area contributed by atoms with Gasteiger partial charge in [-0.3, -0.25) is 14.2 Å². The van der Waals surface area contributed by atoms with Crippen molar-refractivity contribution >= 4 is 46.0 Å². The van der Waals surface area contributed by atoms with Crippen LogP contribution in [0.4, 0.5) is 4.39 Å². The lowest BCUT2D eigenvalue weighted by molar-refractivity contribution is -0.144. The van der Waals surface area contributed by atoms with E-state index >= 15 is 0 Å². The van der Waals surface area contributed by atoms with E-state index in [0.717, 1.165) is 6.07 Å². The maximum atomic E-state index is 14.1. The van der Waals surface area contributed by atoms with Gasteiger partial charge in [0, 0.05) is 22.7 Å². The lowest BCUT2D eigenvalue weighted by atomic mass is 9.98. The fourth-order valence-electron chi connectivity index (χ4n) is 3.40. The van der Waals surface area contributed by atoms with E-state index in [-0.39, 0.29) is 22.7 Å². The van der Waals surface area contributed by atoms with Crippen molar-refractivity contribution in [3.63, 3.8) is 0 Å². The minimum absolute atomic E-state index is 0.197. The van der Waals surface area contributed by atoms with E-state index in [9.17, 15) is 19.1 Å². The van der Waals surface area contributed by atoms with Crippen LogP contribution in [0.1, 0.15) is 41.4 Å². The van der Waals surface area contributed by atoms with Gasteiger partial charge in [-0.15, -0.1) is 0 Å². The molecule has 1 N–H and O–H groups in total. The van der Waals surface area contributed by atoms with Crippen molar-refractivity contribution < 1.29 is 23.8 Å². The SMILES string of the molecule is CCOC(=O)C(C)c1c(C)n(C(=O)c2ccc(Cl)c(Cl)c2)c2cc(F)c(O)cc12. The van der Waals surface area contributed by atoms with Gasteiger partial charge in [0.25, 0.3) is 5.91 Å². The standard InChI is InChI=1S/C21H18Cl2FNO4/c1-4-29-21(28)10(2)19-11(3)25(17-9-16(24)18(26)8-13(17)19)20(27)12-5-6-14(22)15(23)7-12/h5-10,26H,4H2,1-3H3. The molecule has 0 bridgehead atoms. The Balaban J connectivity index is 2.28. The number of phenolic OH excluding ortho intramolecular Hbond substituents is 1. The second-order valence-electron chi connectivity index (χ2n) is 6.56. The second-order valence-corrected chi connectivity index (χ2v) is 7.38. The number of halogens is 3. The summed E-state index contributed by atoms with van der Waals surface area (Å²) in [6.45, 7) is 5.17. The number of carbonyl (C=O) groups is 2. The number of benzene rings is 2. The Bertz CT molecular complexity index is 1140. The summed E-state index contributed by atoms with van der Waals surface area (Å²) in [5.41, 5.74) is 1.37. The normalized spacial score (nSPS) is 12.2. The molecule has 1 atom stereocenters.